The lowest BCUT2D eigenvalue weighted by atomic mass is 10.0. The lowest BCUT2D eigenvalue weighted by molar-refractivity contribution is -0.687. The molecule has 0 unspecified atom stereocenters. The second-order valence-corrected chi connectivity index (χ2v) is 4.87. The van der Waals surface area contributed by atoms with Crippen molar-refractivity contribution >= 4 is 5.90 Å². The van der Waals surface area contributed by atoms with E-state index in [0.717, 1.165) is 5.69 Å². The minimum atomic E-state index is -0.231. The number of nitrogens with zero attached hydrogens (tertiary/aromatic N) is 2. The number of pyridine rings is 1. The molecular weight excluding hydrogens is 236 g/mol. The van der Waals surface area contributed by atoms with Gasteiger partial charge in [0.05, 0.1) is 5.90 Å². The molecule has 0 spiro atoms. The average molecular weight is 254 g/mol. The third-order valence-electron chi connectivity index (χ3n) is 3.03. The smallest absolute Gasteiger partial charge is 0.211 e. The van der Waals surface area contributed by atoms with E-state index in [4.69, 9.17) is 0 Å². The number of rotatable bonds is 3. The van der Waals surface area contributed by atoms with Gasteiger partial charge in [-0.25, -0.2) is 0 Å². The first-order chi connectivity index (χ1) is 9.08. The molecule has 3 nitrogen and oxygen atoms in total. The van der Waals surface area contributed by atoms with Gasteiger partial charge in [0.2, 0.25) is 11.9 Å². The van der Waals surface area contributed by atoms with Crippen LogP contribution >= 0.6 is 0 Å². The molecular formula is C16H18N2O. The summed E-state index contributed by atoms with van der Waals surface area (Å²) >= 11 is 0. The lowest BCUT2D eigenvalue weighted by Gasteiger charge is -2.08. The van der Waals surface area contributed by atoms with Crippen LogP contribution in [-0.4, -0.2) is 5.90 Å². The van der Waals surface area contributed by atoms with E-state index >= 15 is 0 Å². The van der Waals surface area contributed by atoms with Crippen molar-refractivity contribution in [1.82, 2.24) is 0 Å². The molecule has 0 bridgehead atoms. The Morgan fingerprint density at radius 2 is 1.84 bits per heavy atom. The van der Waals surface area contributed by atoms with E-state index in [1.807, 2.05) is 37.4 Å². The van der Waals surface area contributed by atoms with Gasteiger partial charge in [0.1, 0.15) is 0 Å². The van der Waals surface area contributed by atoms with Crippen LogP contribution < -0.4 is 9.78 Å². The maximum Gasteiger partial charge on any atom is 0.211 e. The van der Waals surface area contributed by atoms with E-state index in [2.05, 4.69) is 25.0 Å². The van der Waals surface area contributed by atoms with Crippen molar-refractivity contribution in [2.45, 2.75) is 26.7 Å². The maximum atomic E-state index is 12.0. The highest BCUT2D eigenvalue weighted by Crippen LogP contribution is 2.12. The first-order valence-corrected chi connectivity index (χ1v) is 6.41. The van der Waals surface area contributed by atoms with E-state index in [0.29, 0.717) is 11.5 Å². The molecule has 1 aromatic heterocycles. The summed E-state index contributed by atoms with van der Waals surface area (Å²) < 4.78 is 1.63. The number of hydrogen-bond acceptors (Lipinski definition) is 2. The molecule has 19 heavy (non-hydrogen) atoms. The molecule has 0 atom stereocenters. The van der Waals surface area contributed by atoms with Crippen LogP contribution in [0.5, 0.6) is 0 Å². The van der Waals surface area contributed by atoms with Crippen LogP contribution in [0.2, 0.25) is 0 Å². The highest BCUT2D eigenvalue weighted by molar-refractivity contribution is 5.89. The predicted molar refractivity (Wildman–Crippen MR) is 73.8 cm³/mol. The van der Waals surface area contributed by atoms with Crippen LogP contribution in [0.25, 0.3) is 0 Å². The number of hydrogen-bond donors (Lipinski definition) is 0. The Morgan fingerprint density at radius 3 is 2.42 bits per heavy atom. The van der Waals surface area contributed by atoms with Gasteiger partial charge >= 0.3 is 0 Å². The van der Waals surface area contributed by atoms with Gasteiger partial charge in [-0.1, -0.05) is 48.9 Å². The minimum Gasteiger partial charge on any atom is -0.854 e. The van der Waals surface area contributed by atoms with Crippen molar-refractivity contribution in [3.63, 3.8) is 0 Å². The number of benzene rings is 1. The van der Waals surface area contributed by atoms with Gasteiger partial charge in [-0.3, -0.25) is 0 Å². The van der Waals surface area contributed by atoms with Crippen molar-refractivity contribution < 1.29 is 9.78 Å². The summed E-state index contributed by atoms with van der Waals surface area (Å²) in [5.74, 6) is 0.240. The van der Waals surface area contributed by atoms with Gasteiger partial charge in [-0.2, -0.15) is 0 Å². The Kier molecular flexibility index (Phi) is 3.95. The first kappa shape index (κ1) is 13.3. The Labute approximate surface area is 113 Å². The second-order valence-electron chi connectivity index (χ2n) is 4.87. The minimum absolute atomic E-state index is 0.231. The molecule has 0 radical (unpaired) electrons. The highest BCUT2D eigenvalue weighted by atomic mass is 16.3. The molecule has 0 fully saturated rings. The molecule has 1 aromatic carbocycles. The zero-order chi connectivity index (χ0) is 13.8. The van der Waals surface area contributed by atoms with Crippen molar-refractivity contribution in [2.75, 3.05) is 0 Å². The molecule has 0 aliphatic rings. The Bertz CT molecular complexity index is 589. The van der Waals surface area contributed by atoms with Gasteiger partial charge in [0.25, 0.3) is 0 Å². The molecule has 0 saturated heterocycles. The first-order valence-electron chi connectivity index (χ1n) is 6.41. The summed E-state index contributed by atoms with van der Waals surface area (Å²) in [6, 6.07) is 13.1. The van der Waals surface area contributed by atoms with Crippen molar-refractivity contribution in [1.29, 1.82) is 0 Å². The highest BCUT2D eigenvalue weighted by Gasteiger charge is 2.08. The normalized spacial score (nSPS) is 11.9. The summed E-state index contributed by atoms with van der Waals surface area (Å²) in [7, 11) is 0. The number of aryl methyl sites for hydroxylation is 1. The third-order valence-corrected chi connectivity index (χ3v) is 3.03. The van der Waals surface area contributed by atoms with Crippen LogP contribution in [0.1, 0.15) is 36.6 Å². The summed E-state index contributed by atoms with van der Waals surface area (Å²) in [6.07, 6.45) is 1.84. The second kappa shape index (κ2) is 5.65. The molecule has 0 saturated carbocycles. The fourth-order valence-corrected chi connectivity index (χ4v) is 1.84. The van der Waals surface area contributed by atoms with E-state index in [1.54, 1.807) is 16.8 Å². The van der Waals surface area contributed by atoms with E-state index in [-0.39, 0.29) is 5.90 Å². The third kappa shape index (κ3) is 3.19. The summed E-state index contributed by atoms with van der Waals surface area (Å²) in [5.41, 5.74) is 2.80. The van der Waals surface area contributed by atoms with Crippen LogP contribution in [0.3, 0.4) is 0 Å². The molecule has 0 amide bonds. The van der Waals surface area contributed by atoms with Crippen LogP contribution in [0.15, 0.2) is 53.8 Å². The van der Waals surface area contributed by atoms with Gasteiger partial charge in [0, 0.05) is 19.1 Å². The van der Waals surface area contributed by atoms with E-state index in [9.17, 15) is 5.11 Å². The topological polar surface area (TPSA) is 39.3 Å². The van der Waals surface area contributed by atoms with Gasteiger partial charge in [-0.15, -0.1) is 0 Å². The molecule has 3 heteroatoms. The lowest BCUT2D eigenvalue weighted by Crippen LogP contribution is -2.36. The van der Waals surface area contributed by atoms with Crippen molar-refractivity contribution in [3.8, 4) is 0 Å². The monoisotopic (exact) mass is 254 g/mol. The molecule has 2 aromatic rings. The summed E-state index contributed by atoms with van der Waals surface area (Å²) in [5, 5.41) is 16.1. The zero-order valence-corrected chi connectivity index (χ0v) is 11.5. The maximum absolute atomic E-state index is 12.0. The van der Waals surface area contributed by atoms with E-state index in [1.165, 1.54) is 5.56 Å². The van der Waals surface area contributed by atoms with Crippen LogP contribution in [0.4, 0.5) is 0 Å². The molecule has 0 N–H and O–H groups in total. The Balaban J connectivity index is 2.33. The molecule has 2 rings (SSSR count). The quantitative estimate of drug-likeness (QED) is 0.469. The molecule has 0 aliphatic carbocycles. The fraction of sp³-hybridized carbons (Fsp3) is 0.250. The fourth-order valence-electron chi connectivity index (χ4n) is 1.84. The van der Waals surface area contributed by atoms with Crippen LogP contribution in [-0.2, 0) is 0 Å². The molecule has 0 aliphatic heterocycles. The number of aromatic nitrogens is 1. The van der Waals surface area contributed by atoms with Gasteiger partial charge < -0.3 is 5.11 Å². The Hall–Kier alpha value is -2.16. The summed E-state index contributed by atoms with van der Waals surface area (Å²) in [6.45, 7) is 6.24. The predicted octanol–water partition coefficient (Wildman–Crippen LogP) is 1.98. The van der Waals surface area contributed by atoms with Crippen LogP contribution in [0, 0.1) is 6.92 Å². The molecule has 1 heterocycles. The summed E-state index contributed by atoms with van der Waals surface area (Å²) in [4.78, 5) is 0. The Morgan fingerprint density at radius 1 is 1.16 bits per heavy atom. The van der Waals surface area contributed by atoms with Crippen molar-refractivity contribution in [3.05, 3.63) is 65.5 Å². The standard InChI is InChI=1S/C16H18N2O/c1-12(2)15-9-10-18(13(3)11-15)17-16(19)14-7-5-4-6-8-14/h4-12H,1-3H3. The SMILES string of the molecule is Cc1cc(C(C)C)cc[n+]1/N=C(\[O-])c1ccccc1. The van der Waals surface area contributed by atoms with Gasteiger partial charge in [-0.05, 0) is 22.1 Å². The zero-order valence-electron chi connectivity index (χ0n) is 11.5. The average Bonchev–Trinajstić information content (AvgIpc) is 2.41. The van der Waals surface area contributed by atoms with Gasteiger partial charge in [0.15, 0.2) is 0 Å². The largest absolute Gasteiger partial charge is 0.854 e. The van der Waals surface area contributed by atoms with Crippen molar-refractivity contribution in [2.24, 2.45) is 5.10 Å². The van der Waals surface area contributed by atoms with E-state index < -0.39 is 0 Å². The molecule has 98 valence electrons.